The van der Waals surface area contributed by atoms with Crippen molar-refractivity contribution in [3.8, 4) is 11.5 Å². The van der Waals surface area contributed by atoms with E-state index in [9.17, 15) is 4.79 Å². The smallest absolute Gasteiger partial charge is 0.392 e. The first kappa shape index (κ1) is 31.9. The second-order valence-corrected chi connectivity index (χ2v) is 15.7. The lowest BCUT2D eigenvalue weighted by Gasteiger charge is -2.20. The van der Waals surface area contributed by atoms with E-state index in [4.69, 9.17) is 42.1 Å². The number of halogens is 4. The predicted molar refractivity (Wildman–Crippen MR) is 186 cm³/mol. The minimum atomic E-state index is -0.883. The van der Waals surface area contributed by atoms with Gasteiger partial charge in [-0.05, 0) is 49.2 Å². The SMILES string of the molecule is Cc1ncc2c(c1OC(=O)Oc1c(C)ncc3c1C(C(C)I)OC3c1ccc(Cl)cc1)C(C(C)I)OC2c1ccc(Cl)cc1. The fourth-order valence-electron chi connectivity index (χ4n) is 5.73. The molecule has 0 bridgehead atoms. The highest BCUT2D eigenvalue weighted by atomic mass is 127. The Morgan fingerprint density at radius 2 is 1.09 bits per heavy atom. The molecule has 11 heteroatoms. The first-order valence-electron chi connectivity index (χ1n) is 14.0. The summed E-state index contributed by atoms with van der Waals surface area (Å²) < 4.78 is 25.2. The van der Waals surface area contributed by atoms with Gasteiger partial charge in [0.2, 0.25) is 0 Å². The summed E-state index contributed by atoms with van der Waals surface area (Å²) in [5, 5.41) is 1.28. The van der Waals surface area contributed by atoms with Gasteiger partial charge in [-0.25, -0.2) is 4.79 Å². The Morgan fingerprint density at radius 3 is 1.43 bits per heavy atom. The molecule has 7 nitrogen and oxygen atoms in total. The molecule has 2 aromatic carbocycles. The Bertz CT molecular complexity index is 1590. The molecule has 0 spiro atoms. The summed E-state index contributed by atoms with van der Waals surface area (Å²) >= 11 is 16.9. The van der Waals surface area contributed by atoms with Gasteiger partial charge in [-0.15, -0.1) is 0 Å². The minimum absolute atomic E-state index is 0.0699. The van der Waals surface area contributed by atoms with Crippen molar-refractivity contribution in [1.82, 2.24) is 9.97 Å². The van der Waals surface area contributed by atoms with Crippen LogP contribution in [-0.4, -0.2) is 24.0 Å². The molecule has 0 N–H and O–H groups in total. The van der Waals surface area contributed by atoms with E-state index < -0.39 is 6.16 Å². The van der Waals surface area contributed by atoms with E-state index in [2.05, 4.69) is 69.0 Å². The Balaban J connectivity index is 1.35. The summed E-state index contributed by atoms with van der Waals surface area (Å²) in [5.41, 5.74) is 6.23. The molecule has 6 unspecified atom stereocenters. The maximum atomic E-state index is 13.6. The van der Waals surface area contributed by atoms with Gasteiger partial charge in [0.05, 0.1) is 23.6 Å². The minimum Gasteiger partial charge on any atom is -0.392 e. The Labute approximate surface area is 293 Å². The van der Waals surface area contributed by atoms with Crippen molar-refractivity contribution in [1.29, 1.82) is 0 Å². The summed E-state index contributed by atoms with van der Waals surface area (Å²) in [5.74, 6) is 0.675. The number of benzene rings is 2. The summed E-state index contributed by atoms with van der Waals surface area (Å²) in [6.07, 6.45) is 1.27. The molecule has 228 valence electrons. The molecule has 6 rings (SSSR count). The summed E-state index contributed by atoms with van der Waals surface area (Å²) in [4.78, 5) is 22.8. The topological polar surface area (TPSA) is 79.8 Å². The second-order valence-electron chi connectivity index (χ2n) is 10.9. The highest BCUT2D eigenvalue weighted by Gasteiger charge is 2.41. The van der Waals surface area contributed by atoms with E-state index >= 15 is 0 Å². The molecule has 0 fully saturated rings. The van der Waals surface area contributed by atoms with Crippen LogP contribution in [0.1, 0.15) is 83.0 Å². The normalized spacial score (nSPS) is 21.8. The van der Waals surface area contributed by atoms with Gasteiger partial charge in [0, 0.05) is 52.5 Å². The zero-order chi connectivity index (χ0) is 31.3. The molecular weight excluding hydrogens is 829 g/mol. The fourth-order valence-corrected chi connectivity index (χ4v) is 7.04. The van der Waals surface area contributed by atoms with Gasteiger partial charge in [0.1, 0.15) is 12.2 Å². The van der Waals surface area contributed by atoms with Gasteiger partial charge >= 0.3 is 6.16 Å². The number of aromatic nitrogens is 2. The predicted octanol–water partition coefficient (Wildman–Crippen LogP) is 9.95. The number of aryl methyl sites for hydroxylation is 2. The molecule has 44 heavy (non-hydrogen) atoms. The van der Waals surface area contributed by atoms with Crippen LogP contribution in [0.3, 0.4) is 0 Å². The average molecular weight is 857 g/mol. The van der Waals surface area contributed by atoms with Gasteiger partial charge in [-0.2, -0.15) is 0 Å². The van der Waals surface area contributed by atoms with Gasteiger partial charge in [0.25, 0.3) is 0 Å². The first-order chi connectivity index (χ1) is 21.0. The number of ether oxygens (including phenoxy) is 4. The molecule has 0 saturated carbocycles. The number of carbonyl (C=O) groups excluding carboxylic acids is 1. The standard InChI is InChI=1S/C33H28Cl2I2N2O5/c1-15(36)27-25-23(31(41-27)19-5-9-21(34)10-6-19)13-38-17(3)29(25)43-33(40)44-30-18(4)39-14-24-26(30)28(16(2)37)42-32(24)20-7-11-22(35)12-8-20/h5-16,27-28,31-32H,1-4H3. The Kier molecular flexibility index (Phi) is 9.43. The van der Waals surface area contributed by atoms with Crippen LogP contribution in [0.15, 0.2) is 60.9 Å². The molecule has 0 saturated heterocycles. The lowest BCUT2D eigenvalue weighted by atomic mass is 9.97. The monoisotopic (exact) mass is 856 g/mol. The molecule has 2 aromatic heterocycles. The summed E-state index contributed by atoms with van der Waals surface area (Å²) in [6.45, 7) is 7.72. The molecule has 2 aliphatic heterocycles. The van der Waals surface area contributed by atoms with Crippen molar-refractivity contribution >= 4 is 74.5 Å². The van der Waals surface area contributed by atoms with Crippen LogP contribution in [0.4, 0.5) is 4.79 Å². The van der Waals surface area contributed by atoms with Gasteiger partial charge in [-0.3, -0.25) is 9.97 Å². The van der Waals surface area contributed by atoms with E-state index in [0.717, 1.165) is 33.4 Å². The zero-order valence-electron chi connectivity index (χ0n) is 24.2. The van der Waals surface area contributed by atoms with Gasteiger partial charge in [0.15, 0.2) is 11.5 Å². The lowest BCUT2D eigenvalue weighted by molar-refractivity contribution is 0.0361. The van der Waals surface area contributed by atoms with Crippen LogP contribution in [0.2, 0.25) is 10.0 Å². The van der Waals surface area contributed by atoms with E-state index in [1.54, 1.807) is 26.2 Å². The van der Waals surface area contributed by atoms with Crippen molar-refractivity contribution in [3.05, 3.63) is 116 Å². The zero-order valence-corrected chi connectivity index (χ0v) is 30.0. The number of alkyl halides is 2. The molecule has 0 aliphatic carbocycles. The van der Waals surface area contributed by atoms with Gasteiger partial charge < -0.3 is 18.9 Å². The van der Waals surface area contributed by atoms with Crippen molar-refractivity contribution in [3.63, 3.8) is 0 Å². The van der Waals surface area contributed by atoms with E-state index in [-0.39, 0.29) is 32.3 Å². The lowest BCUT2D eigenvalue weighted by Crippen LogP contribution is -2.20. The number of pyridine rings is 2. The summed E-state index contributed by atoms with van der Waals surface area (Å²) in [7, 11) is 0. The van der Waals surface area contributed by atoms with Crippen LogP contribution >= 0.6 is 68.4 Å². The van der Waals surface area contributed by atoms with Crippen molar-refractivity contribution < 1.29 is 23.7 Å². The number of carbonyl (C=O) groups is 1. The Hall–Kier alpha value is -2.03. The van der Waals surface area contributed by atoms with E-state index in [1.807, 2.05) is 48.5 Å². The van der Waals surface area contributed by atoms with Crippen LogP contribution in [0.25, 0.3) is 0 Å². The number of hydrogen-bond acceptors (Lipinski definition) is 7. The number of fused-ring (bicyclic) bond motifs is 2. The molecular formula is C33H28Cl2I2N2O5. The highest BCUT2D eigenvalue weighted by Crippen LogP contribution is 2.52. The van der Waals surface area contributed by atoms with Crippen LogP contribution in [0, 0.1) is 13.8 Å². The maximum absolute atomic E-state index is 13.6. The van der Waals surface area contributed by atoms with Crippen molar-refractivity contribution in [2.75, 3.05) is 0 Å². The van der Waals surface area contributed by atoms with E-state index in [1.165, 1.54) is 0 Å². The van der Waals surface area contributed by atoms with Crippen LogP contribution in [0.5, 0.6) is 11.5 Å². The first-order valence-corrected chi connectivity index (χ1v) is 17.3. The van der Waals surface area contributed by atoms with Gasteiger partial charge in [-0.1, -0.05) is 106 Å². The maximum Gasteiger partial charge on any atom is 0.519 e. The molecule has 6 atom stereocenters. The third kappa shape index (κ3) is 6.07. The Morgan fingerprint density at radius 1 is 0.727 bits per heavy atom. The van der Waals surface area contributed by atoms with Crippen LogP contribution < -0.4 is 9.47 Å². The second kappa shape index (κ2) is 13.0. The number of rotatable bonds is 6. The average Bonchev–Trinajstić information content (AvgIpc) is 3.57. The summed E-state index contributed by atoms with van der Waals surface area (Å²) in [6, 6.07) is 15.0. The highest BCUT2D eigenvalue weighted by molar-refractivity contribution is 14.1. The molecule has 0 radical (unpaired) electrons. The molecule has 4 heterocycles. The number of hydrogen-bond donors (Lipinski definition) is 0. The fraction of sp³-hybridized carbons (Fsp3) is 0.303. The quantitative estimate of drug-likeness (QED) is 0.109. The van der Waals surface area contributed by atoms with Crippen molar-refractivity contribution in [2.24, 2.45) is 0 Å². The van der Waals surface area contributed by atoms with Crippen LogP contribution in [-0.2, 0) is 9.47 Å². The molecule has 4 aromatic rings. The number of nitrogens with zero attached hydrogens (tertiary/aromatic N) is 2. The van der Waals surface area contributed by atoms with Crippen molar-refractivity contribution in [2.45, 2.75) is 60.0 Å². The third-order valence-electron chi connectivity index (χ3n) is 7.81. The van der Waals surface area contributed by atoms with E-state index in [0.29, 0.717) is 32.9 Å². The molecule has 0 amide bonds. The molecule has 2 aliphatic rings. The third-order valence-corrected chi connectivity index (χ3v) is 9.62. The largest absolute Gasteiger partial charge is 0.519 e.